The van der Waals surface area contributed by atoms with Gasteiger partial charge in [0.2, 0.25) is 0 Å². The molecule has 3 rings (SSSR count). The number of rotatable bonds is 4. The van der Waals surface area contributed by atoms with E-state index >= 15 is 0 Å². The van der Waals surface area contributed by atoms with Gasteiger partial charge in [-0.2, -0.15) is 0 Å². The van der Waals surface area contributed by atoms with Crippen LogP contribution in [0, 0.1) is 13.8 Å². The summed E-state index contributed by atoms with van der Waals surface area (Å²) < 4.78 is 8.93. The van der Waals surface area contributed by atoms with E-state index in [0.29, 0.717) is 27.9 Å². The van der Waals surface area contributed by atoms with E-state index in [-0.39, 0.29) is 12.5 Å². The Morgan fingerprint density at radius 2 is 1.89 bits per heavy atom. The molecule has 3 N–H and O–H groups in total. The molecule has 1 amide bonds. The van der Waals surface area contributed by atoms with E-state index in [2.05, 4.69) is 37.3 Å². The number of fused-ring (bicyclic) bond motifs is 1. The number of amides is 1. The van der Waals surface area contributed by atoms with Gasteiger partial charge < -0.3 is 4.74 Å². The lowest BCUT2D eigenvalue weighted by Gasteiger charge is -2.13. The smallest absolute Gasteiger partial charge is 0.269 e. The number of para-hydroxylation sites is 1. The average molecular weight is 495 g/mol. The monoisotopic (exact) mass is 493 g/mol. The number of carbonyl (C=O) groups excluding carboxylic acids is 2. The van der Waals surface area contributed by atoms with Gasteiger partial charge in [-0.15, -0.1) is 0 Å². The highest BCUT2D eigenvalue weighted by atomic mass is 79.9. The van der Waals surface area contributed by atoms with E-state index < -0.39 is 5.91 Å². The SMILES string of the molecule is Cc1cc(Br)cc(Br)c1OCC(=O)n1c(C)c(C(=O)NN)c2ccccc21. The zero-order chi connectivity index (χ0) is 19.7. The molecule has 6 nitrogen and oxygen atoms in total. The van der Waals surface area contributed by atoms with Crippen LogP contribution in [0.3, 0.4) is 0 Å². The quantitative estimate of drug-likeness (QED) is 0.324. The van der Waals surface area contributed by atoms with Crippen molar-refractivity contribution in [2.45, 2.75) is 13.8 Å². The zero-order valence-corrected chi connectivity index (χ0v) is 17.8. The first kappa shape index (κ1) is 19.6. The third kappa shape index (κ3) is 3.65. The van der Waals surface area contributed by atoms with Crippen molar-refractivity contribution in [3.05, 3.63) is 62.2 Å². The van der Waals surface area contributed by atoms with Crippen molar-refractivity contribution in [2.24, 2.45) is 5.84 Å². The molecular formula is C19H17Br2N3O3. The highest BCUT2D eigenvalue weighted by Gasteiger charge is 2.23. The number of aromatic nitrogens is 1. The van der Waals surface area contributed by atoms with Gasteiger partial charge in [-0.05, 0) is 53.5 Å². The summed E-state index contributed by atoms with van der Waals surface area (Å²) in [6, 6.07) is 11.0. The number of ether oxygens (including phenoxy) is 1. The molecule has 0 atom stereocenters. The molecule has 27 heavy (non-hydrogen) atoms. The minimum absolute atomic E-state index is 0.176. The summed E-state index contributed by atoms with van der Waals surface area (Å²) in [7, 11) is 0. The molecule has 0 saturated carbocycles. The topological polar surface area (TPSA) is 86.3 Å². The third-order valence-electron chi connectivity index (χ3n) is 4.25. The molecule has 0 aliphatic heterocycles. The average Bonchev–Trinajstić information content (AvgIpc) is 2.91. The highest BCUT2D eigenvalue weighted by molar-refractivity contribution is 9.11. The summed E-state index contributed by atoms with van der Waals surface area (Å²) in [6.07, 6.45) is 0. The number of hydrazine groups is 1. The van der Waals surface area contributed by atoms with Crippen LogP contribution in [0.25, 0.3) is 10.9 Å². The predicted molar refractivity (Wildman–Crippen MR) is 111 cm³/mol. The lowest BCUT2D eigenvalue weighted by atomic mass is 10.1. The number of hydrogen-bond acceptors (Lipinski definition) is 4. The molecule has 1 heterocycles. The van der Waals surface area contributed by atoms with Gasteiger partial charge in [-0.3, -0.25) is 19.6 Å². The molecule has 0 spiro atoms. The fourth-order valence-corrected chi connectivity index (χ4v) is 4.67. The largest absolute Gasteiger partial charge is 0.482 e. The molecule has 0 fully saturated rings. The van der Waals surface area contributed by atoms with Gasteiger partial charge in [0.1, 0.15) is 5.75 Å². The molecule has 3 aromatic rings. The molecule has 0 radical (unpaired) electrons. The molecule has 8 heteroatoms. The van der Waals surface area contributed by atoms with Crippen LogP contribution in [0.15, 0.2) is 45.3 Å². The first-order chi connectivity index (χ1) is 12.8. The summed E-state index contributed by atoms with van der Waals surface area (Å²) in [4.78, 5) is 25.1. The third-order valence-corrected chi connectivity index (χ3v) is 5.30. The van der Waals surface area contributed by atoms with Crippen LogP contribution in [0.2, 0.25) is 0 Å². The van der Waals surface area contributed by atoms with Gasteiger partial charge in [0, 0.05) is 15.6 Å². The van der Waals surface area contributed by atoms with Crippen molar-refractivity contribution in [1.29, 1.82) is 0 Å². The molecule has 0 saturated heterocycles. The van der Waals surface area contributed by atoms with Crippen molar-refractivity contribution in [3.63, 3.8) is 0 Å². The van der Waals surface area contributed by atoms with Crippen molar-refractivity contribution in [1.82, 2.24) is 9.99 Å². The maximum absolute atomic E-state index is 12.9. The Balaban J connectivity index is 1.98. The Labute approximate surface area is 172 Å². The second-order valence-corrected chi connectivity index (χ2v) is 7.77. The normalized spacial score (nSPS) is 10.9. The lowest BCUT2D eigenvalue weighted by Crippen LogP contribution is -2.30. The molecule has 0 aliphatic rings. The summed E-state index contributed by atoms with van der Waals surface area (Å²) in [5.41, 5.74) is 4.55. The molecule has 0 bridgehead atoms. The number of nitrogens with two attached hydrogens (primary N) is 1. The molecule has 0 unspecified atom stereocenters. The van der Waals surface area contributed by atoms with Gasteiger partial charge in [0.15, 0.2) is 6.61 Å². The molecule has 140 valence electrons. The maximum atomic E-state index is 12.9. The van der Waals surface area contributed by atoms with E-state index in [4.69, 9.17) is 10.6 Å². The van der Waals surface area contributed by atoms with Crippen molar-refractivity contribution >= 4 is 54.6 Å². The number of halogens is 2. The highest BCUT2D eigenvalue weighted by Crippen LogP contribution is 2.32. The summed E-state index contributed by atoms with van der Waals surface area (Å²) >= 11 is 6.87. The van der Waals surface area contributed by atoms with Crippen LogP contribution in [0.1, 0.15) is 26.4 Å². The van der Waals surface area contributed by atoms with Gasteiger partial charge >= 0.3 is 0 Å². The standard InChI is InChI=1S/C19H17Br2N3O3/c1-10-7-12(20)8-14(21)18(10)27-9-16(25)24-11(2)17(19(26)23-22)13-5-3-4-6-15(13)24/h3-8H,9,22H2,1-2H3,(H,23,26). The first-order valence-electron chi connectivity index (χ1n) is 8.07. The van der Waals surface area contributed by atoms with Crippen LogP contribution < -0.4 is 16.0 Å². The number of carbonyl (C=O) groups is 2. The summed E-state index contributed by atoms with van der Waals surface area (Å²) in [5.74, 6) is 5.17. The van der Waals surface area contributed by atoms with Crippen molar-refractivity contribution in [3.8, 4) is 5.75 Å². The fraction of sp³-hybridized carbons (Fsp3) is 0.158. The number of nitrogen functional groups attached to an aromatic ring is 1. The number of benzene rings is 2. The molecule has 2 aromatic carbocycles. The minimum Gasteiger partial charge on any atom is -0.482 e. The van der Waals surface area contributed by atoms with Crippen LogP contribution in [-0.4, -0.2) is 23.0 Å². The van der Waals surface area contributed by atoms with E-state index in [0.717, 1.165) is 14.5 Å². The maximum Gasteiger partial charge on any atom is 0.269 e. The Hall–Kier alpha value is -2.16. The van der Waals surface area contributed by atoms with Gasteiger partial charge in [0.25, 0.3) is 11.8 Å². The minimum atomic E-state index is -0.442. The van der Waals surface area contributed by atoms with E-state index in [1.165, 1.54) is 4.57 Å². The Morgan fingerprint density at radius 1 is 1.19 bits per heavy atom. The van der Waals surface area contributed by atoms with Crippen LogP contribution in [0.5, 0.6) is 5.75 Å². The lowest BCUT2D eigenvalue weighted by molar-refractivity contribution is 0.0840. The first-order valence-corrected chi connectivity index (χ1v) is 9.66. The second kappa shape index (κ2) is 7.84. The Bertz CT molecular complexity index is 1040. The van der Waals surface area contributed by atoms with Gasteiger partial charge in [0.05, 0.1) is 15.6 Å². The van der Waals surface area contributed by atoms with Gasteiger partial charge in [-0.25, -0.2) is 5.84 Å². The van der Waals surface area contributed by atoms with Crippen molar-refractivity contribution < 1.29 is 14.3 Å². The molecule has 1 aromatic heterocycles. The number of aryl methyl sites for hydroxylation is 1. The number of nitrogens with zero attached hydrogens (tertiary/aromatic N) is 1. The number of hydrogen-bond donors (Lipinski definition) is 2. The number of nitrogens with one attached hydrogen (secondary N) is 1. The van der Waals surface area contributed by atoms with Crippen LogP contribution in [-0.2, 0) is 0 Å². The molecular weight excluding hydrogens is 478 g/mol. The van der Waals surface area contributed by atoms with E-state index in [1.807, 2.05) is 31.2 Å². The Morgan fingerprint density at radius 3 is 2.56 bits per heavy atom. The van der Waals surface area contributed by atoms with Crippen LogP contribution >= 0.6 is 31.9 Å². The second-order valence-electron chi connectivity index (χ2n) is 6.00. The predicted octanol–water partition coefficient (Wildman–Crippen LogP) is 4.11. The Kier molecular flexibility index (Phi) is 5.69. The summed E-state index contributed by atoms with van der Waals surface area (Å²) in [6.45, 7) is 3.43. The fourth-order valence-electron chi connectivity index (χ4n) is 3.12. The van der Waals surface area contributed by atoms with Crippen molar-refractivity contribution in [2.75, 3.05) is 6.61 Å². The van der Waals surface area contributed by atoms with E-state index in [1.54, 1.807) is 19.1 Å². The van der Waals surface area contributed by atoms with E-state index in [9.17, 15) is 9.59 Å². The summed E-state index contributed by atoms with van der Waals surface area (Å²) in [5, 5.41) is 0.660. The molecule has 0 aliphatic carbocycles. The van der Waals surface area contributed by atoms with Crippen LogP contribution in [0.4, 0.5) is 0 Å². The van der Waals surface area contributed by atoms with Gasteiger partial charge in [-0.1, -0.05) is 34.1 Å². The zero-order valence-electron chi connectivity index (χ0n) is 14.7.